The van der Waals surface area contributed by atoms with E-state index in [9.17, 15) is 13.2 Å². The summed E-state index contributed by atoms with van der Waals surface area (Å²) in [4.78, 5) is 11.2. The lowest BCUT2D eigenvalue weighted by atomic mass is 9.82. The van der Waals surface area contributed by atoms with Gasteiger partial charge in [0.25, 0.3) is 0 Å². The van der Waals surface area contributed by atoms with E-state index in [0.717, 1.165) is 12.0 Å². The Morgan fingerprint density at radius 3 is 2.36 bits per heavy atom. The largest absolute Gasteiger partial charge is 0.481 e. The smallest absolute Gasteiger partial charge is 0.307 e. The van der Waals surface area contributed by atoms with Crippen LogP contribution in [0.5, 0.6) is 0 Å². The Morgan fingerprint density at radius 1 is 1.32 bits per heavy atom. The van der Waals surface area contributed by atoms with Gasteiger partial charge in [0, 0.05) is 13.1 Å². The minimum absolute atomic E-state index is 0.00430. The number of carboxylic acids is 1. The van der Waals surface area contributed by atoms with Crippen molar-refractivity contribution in [3.63, 3.8) is 0 Å². The minimum Gasteiger partial charge on any atom is -0.481 e. The van der Waals surface area contributed by atoms with Crippen LogP contribution < -0.4 is 0 Å². The van der Waals surface area contributed by atoms with Crippen molar-refractivity contribution in [2.45, 2.75) is 43.9 Å². The maximum Gasteiger partial charge on any atom is 0.307 e. The van der Waals surface area contributed by atoms with Crippen LogP contribution in [-0.4, -0.2) is 36.9 Å². The Morgan fingerprint density at radius 2 is 1.91 bits per heavy atom. The maximum atomic E-state index is 12.6. The molecule has 1 unspecified atom stereocenters. The quantitative estimate of drug-likeness (QED) is 0.902. The molecule has 1 saturated heterocycles. The van der Waals surface area contributed by atoms with Crippen molar-refractivity contribution in [1.29, 1.82) is 0 Å². The predicted octanol–water partition coefficient (Wildman–Crippen LogP) is 2.47. The first-order valence-corrected chi connectivity index (χ1v) is 8.96. The molecule has 2 rings (SSSR count). The number of carboxylic acid groups (broad SMARTS) is 1. The van der Waals surface area contributed by atoms with E-state index in [1.54, 1.807) is 12.1 Å². The molecule has 122 valence electrons. The minimum atomic E-state index is -3.60. The summed E-state index contributed by atoms with van der Waals surface area (Å²) < 4.78 is 26.4. The number of benzene rings is 1. The molecule has 1 heterocycles. The summed E-state index contributed by atoms with van der Waals surface area (Å²) in [5.41, 5.74) is 1.10. The van der Waals surface area contributed by atoms with Crippen molar-refractivity contribution >= 4 is 16.0 Å². The van der Waals surface area contributed by atoms with Gasteiger partial charge in [-0.2, -0.15) is 4.31 Å². The molecule has 0 bridgehead atoms. The first kappa shape index (κ1) is 17.0. The Labute approximate surface area is 132 Å². The van der Waals surface area contributed by atoms with Crippen molar-refractivity contribution in [2.24, 2.45) is 5.92 Å². The van der Waals surface area contributed by atoms with Gasteiger partial charge in [-0.15, -0.1) is 0 Å². The van der Waals surface area contributed by atoms with Gasteiger partial charge in [0.2, 0.25) is 10.0 Å². The van der Waals surface area contributed by atoms with Crippen LogP contribution in [0.3, 0.4) is 0 Å². The zero-order valence-corrected chi connectivity index (χ0v) is 14.1. The molecule has 0 radical (unpaired) electrons. The molecule has 0 aromatic heterocycles. The summed E-state index contributed by atoms with van der Waals surface area (Å²) in [5, 5.41) is 9.00. The Hall–Kier alpha value is -1.40. The van der Waals surface area contributed by atoms with E-state index in [0.29, 0.717) is 6.42 Å². The molecule has 1 atom stereocenters. The highest BCUT2D eigenvalue weighted by Gasteiger charge is 2.35. The molecular weight excluding hydrogens is 302 g/mol. The Balaban J connectivity index is 2.22. The summed E-state index contributed by atoms with van der Waals surface area (Å²) in [7, 11) is -3.60. The summed E-state index contributed by atoms with van der Waals surface area (Å²) in [5.74, 6) is -1.54. The van der Waals surface area contributed by atoms with Gasteiger partial charge in [0.05, 0.1) is 10.8 Å². The van der Waals surface area contributed by atoms with Gasteiger partial charge in [0.15, 0.2) is 0 Å². The highest BCUT2D eigenvalue weighted by Crippen LogP contribution is 2.29. The Kier molecular flexibility index (Phi) is 4.63. The second-order valence-electron chi connectivity index (χ2n) is 6.45. The third-order valence-corrected chi connectivity index (χ3v) is 6.54. The first-order valence-electron chi connectivity index (χ1n) is 7.52. The maximum absolute atomic E-state index is 12.6. The fraction of sp³-hybridized carbons (Fsp3) is 0.562. The Bertz CT molecular complexity index is 649. The van der Waals surface area contributed by atoms with Crippen molar-refractivity contribution in [3.8, 4) is 0 Å². The zero-order chi connectivity index (χ0) is 16.5. The summed E-state index contributed by atoms with van der Waals surface area (Å²) >= 11 is 0. The van der Waals surface area contributed by atoms with Crippen LogP contribution in [0.2, 0.25) is 0 Å². The van der Waals surface area contributed by atoms with E-state index in [-0.39, 0.29) is 23.4 Å². The fourth-order valence-corrected chi connectivity index (χ4v) is 4.08. The molecule has 1 aromatic rings. The normalized spacial score (nSPS) is 20.2. The van der Waals surface area contributed by atoms with E-state index in [4.69, 9.17) is 5.11 Å². The second kappa shape index (κ2) is 6.01. The van der Waals surface area contributed by atoms with E-state index < -0.39 is 21.9 Å². The van der Waals surface area contributed by atoms with Gasteiger partial charge >= 0.3 is 5.97 Å². The lowest BCUT2D eigenvalue weighted by Crippen LogP contribution is -2.30. The summed E-state index contributed by atoms with van der Waals surface area (Å²) in [6, 6.07) is 6.94. The zero-order valence-electron chi connectivity index (χ0n) is 13.2. The van der Waals surface area contributed by atoms with Crippen LogP contribution in [0.15, 0.2) is 29.2 Å². The molecule has 1 N–H and O–H groups in total. The highest BCUT2D eigenvalue weighted by atomic mass is 32.2. The molecule has 1 fully saturated rings. The average Bonchev–Trinajstić information content (AvgIpc) is 2.98. The van der Waals surface area contributed by atoms with Crippen LogP contribution in [0.4, 0.5) is 0 Å². The van der Waals surface area contributed by atoms with Crippen LogP contribution in [0.25, 0.3) is 0 Å². The molecule has 0 amide bonds. The van der Waals surface area contributed by atoms with Crippen molar-refractivity contribution < 1.29 is 18.3 Å². The molecule has 0 saturated carbocycles. The third kappa shape index (κ3) is 3.17. The highest BCUT2D eigenvalue weighted by molar-refractivity contribution is 7.89. The van der Waals surface area contributed by atoms with Gasteiger partial charge in [0.1, 0.15) is 0 Å². The molecular formula is C16H23NO4S. The number of hydrogen-bond donors (Lipinski definition) is 1. The predicted molar refractivity (Wildman–Crippen MR) is 84.3 cm³/mol. The lowest BCUT2D eigenvalue weighted by molar-refractivity contribution is -0.141. The SMILES string of the molecule is CCC(C)(C)c1ccc(S(=O)(=O)N2CCC(C(=O)O)C2)cc1. The van der Waals surface area contributed by atoms with Gasteiger partial charge in [-0.1, -0.05) is 32.9 Å². The van der Waals surface area contributed by atoms with Gasteiger partial charge in [-0.05, 0) is 36.0 Å². The van der Waals surface area contributed by atoms with Gasteiger partial charge in [-0.3, -0.25) is 4.79 Å². The number of rotatable bonds is 5. The topological polar surface area (TPSA) is 74.7 Å². The molecule has 5 nitrogen and oxygen atoms in total. The molecule has 22 heavy (non-hydrogen) atoms. The number of carbonyl (C=O) groups is 1. The average molecular weight is 325 g/mol. The molecule has 0 spiro atoms. The molecule has 1 aromatic carbocycles. The third-order valence-electron chi connectivity index (χ3n) is 4.66. The number of nitrogens with zero attached hydrogens (tertiary/aromatic N) is 1. The first-order chi connectivity index (χ1) is 10.2. The lowest BCUT2D eigenvalue weighted by Gasteiger charge is -2.24. The summed E-state index contributed by atoms with van der Waals surface area (Å²) in [6.45, 7) is 6.66. The monoisotopic (exact) mass is 325 g/mol. The molecule has 0 aliphatic carbocycles. The number of aliphatic carboxylic acids is 1. The van der Waals surface area contributed by atoms with Gasteiger partial charge < -0.3 is 5.11 Å². The second-order valence-corrected chi connectivity index (χ2v) is 8.39. The van der Waals surface area contributed by atoms with E-state index in [1.165, 1.54) is 4.31 Å². The van der Waals surface area contributed by atoms with E-state index >= 15 is 0 Å². The van der Waals surface area contributed by atoms with E-state index in [1.807, 2.05) is 12.1 Å². The fourth-order valence-electron chi connectivity index (χ4n) is 2.58. The standard InChI is InChI=1S/C16H23NO4S/c1-4-16(2,3)13-5-7-14(8-6-13)22(20,21)17-10-9-12(11-17)15(18)19/h5-8,12H,4,9-11H2,1-3H3,(H,18,19). The molecule has 1 aliphatic rings. The number of sulfonamides is 1. The number of hydrogen-bond acceptors (Lipinski definition) is 3. The van der Waals surface area contributed by atoms with Crippen molar-refractivity contribution in [2.75, 3.05) is 13.1 Å². The van der Waals surface area contributed by atoms with Crippen LogP contribution >= 0.6 is 0 Å². The van der Waals surface area contributed by atoms with E-state index in [2.05, 4.69) is 20.8 Å². The van der Waals surface area contributed by atoms with Crippen LogP contribution in [-0.2, 0) is 20.2 Å². The van der Waals surface area contributed by atoms with Crippen LogP contribution in [0, 0.1) is 5.92 Å². The molecule has 1 aliphatic heterocycles. The van der Waals surface area contributed by atoms with Crippen molar-refractivity contribution in [3.05, 3.63) is 29.8 Å². The van der Waals surface area contributed by atoms with Crippen molar-refractivity contribution in [1.82, 2.24) is 4.31 Å². The molecule has 6 heteroatoms. The van der Waals surface area contributed by atoms with Crippen LogP contribution in [0.1, 0.15) is 39.2 Å². The summed E-state index contributed by atoms with van der Waals surface area (Å²) in [6.07, 6.45) is 1.33. The van der Waals surface area contributed by atoms with Gasteiger partial charge in [-0.25, -0.2) is 8.42 Å².